The Morgan fingerprint density at radius 1 is 1.22 bits per heavy atom. The Morgan fingerprint density at radius 2 is 2.00 bits per heavy atom. The molecule has 0 heterocycles. The van der Waals surface area contributed by atoms with Crippen LogP contribution in [0.1, 0.15) is 43.4 Å². The van der Waals surface area contributed by atoms with Crippen molar-refractivity contribution in [3.63, 3.8) is 0 Å². The molecule has 0 amide bonds. The fourth-order valence-electron chi connectivity index (χ4n) is 2.77. The molecule has 0 radical (unpaired) electrons. The lowest BCUT2D eigenvalue weighted by molar-refractivity contribution is 0.211. The van der Waals surface area contributed by atoms with Crippen molar-refractivity contribution < 1.29 is 0 Å². The normalized spacial score (nSPS) is 14.5. The second-order valence-corrected chi connectivity index (χ2v) is 5.66. The Balaban J connectivity index is 2.02. The molecule has 0 atom stereocenters. The second kappa shape index (κ2) is 6.35. The van der Waals surface area contributed by atoms with Crippen LogP contribution in [0.3, 0.4) is 0 Å². The van der Waals surface area contributed by atoms with E-state index in [9.17, 15) is 0 Å². The summed E-state index contributed by atoms with van der Waals surface area (Å²) in [5.41, 5.74) is 10.2. The lowest BCUT2D eigenvalue weighted by Gasteiger charge is -2.26. The highest BCUT2D eigenvalue weighted by molar-refractivity contribution is 5.35. The molecule has 0 aliphatic heterocycles. The van der Waals surface area contributed by atoms with E-state index in [1.54, 1.807) is 11.1 Å². The molecule has 1 aromatic rings. The Kier molecular flexibility index (Phi) is 4.79. The van der Waals surface area contributed by atoms with E-state index in [4.69, 9.17) is 5.73 Å². The van der Waals surface area contributed by atoms with Crippen molar-refractivity contribution in [2.75, 3.05) is 13.1 Å². The van der Waals surface area contributed by atoms with Crippen molar-refractivity contribution in [3.8, 4) is 0 Å². The van der Waals surface area contributed by atoms with Crippen molar-refractivity contribution >= 4 is 0 Å². The predicted molar refractivity (Wildman–Crippen MR) is 77.7 cm³/mol. The van der Waals surface area contributed by atoms with Crippen LogP contribution >= 0.6 is 0 Å². The van der Waals surface area contributed by atoms with Crippen molar-refractivity contribution in [2.45, 2.75) is 52.1 Å². The van der Waals surface area contributed by atoms with Gasteiger partial charge in [0.15, 0.2) is 0 Å². The van der Waals surface area contributed by atoms with Gasteiger partial charge in [-0.1, -0.05) is 18.2 Å². The van der Waals surface area contributed by atoms with Gasteiger partial charge in [0.1, 0.15) is 0 Å². The Bertz CT molecular complexity index is 385. The van der Waals surface area contributed by atoms with Gasteiger partial charge in [-0.15, -0.1) is 0 Å². The maximum atomic E-state index is 5.62. The molecule has 1 aromatic carbocycles. The molecule has 2 heteroatoms. The highest BCUT2D eigenvalue weighted by Gasteiger charge is 2.13. The third-order valence-corrected chi connectivity index (χ3v) is 3.93. The molecule has 1 aliphatic rings. The quantitative estimate of drug-likeness (QED) is 0.836. The van der Waals surface area contributed by atoms with Crippen molar-refractivity contribution in [3.05, 3.63) is 34.9 Å². The van der Waals surface area contributed by atoms with E-state index in [0.29, 0.717) is 6.04 Å². The molecule has 2 rings (SSSR count). The summed E-state index contributed by atoms with van der Waals surface area (Å²) in [6.07, 6.45) is 4.97. The number of aryl methyl sites for hydroxylation is 2. The molecule has 0 bridgehead atoms. The van der Waals surface area contributed by atoms with Gasteiger partial charge >= 0.3 is 0 Å². The minimum atomic E-state index is 0.588. The largest absolute Gasteiger partial charge is 0.330 e. The molecule has 1 aliphatic carbocycles. The summed E-state index contributed by atoms with van der Waals surface area (Å²) < 4.78 is 0. The summed E-state index contributed by atoms with van der Waals surface area (Å²) in [7, 11) is 0. The van der Waals surface area contributed by atoms with Crippen LogP contribution in [-0.4, -0.2) is 24.0 Å². The highest BCUT2D eigenvalue weighted by atomic mass is 15.1. The monoisotopic (exact) mass is 246 g/mol. The summed E-state index contributed by atoms with van der Waals surface area (Å²) in [5.74, 6) is 0. The Morgan fingerprint density at radius 3 is 2.72 bits per heavy atom. The average molecular weight is 246 g/mol. The van der Waals surface area contributed by atoms with Crippen LogP contribution in [0.5, 0.6) is 0 Å². The predicted octanol–water partition coefficient (Wildman–Crippen LogP) is 2.73. The fraction of sp³-hybridized carbons (Fsp3) is 0.625. The fourth-order valence-corrected chi connectivity index (χ4v) is 2.77. The zero-order valence-electron chi connectivity index (χ0n) is 11.8. The molecular formula is C16H26N2. The van der Waals surface area contributed by atoms with Crippen LogP contribution in [-0.2, 0) is 19.4 Å². The number of rotatable bonds is 6. The number of hydrogen-bond acceptors (Lipinski definition) is 2. The smallest absolute Gasteiger partial charge is 0.0236 e. The van der Waals surface area contributed by atoms with Gasteiger partial charge in [0.25, 0.3) is 0 Å². The van der Waals surface area contributed by atoms with E-state index in [2.05, 4.69) is 36.9 Å². The highest BCUT2D eigenvalue weighted by Crippen LogP contribution is 2.23. The van der Waals surface area contributed by atoms with Crippen LogP contribution in [0.15, 0.2) is 18.2 Å². The molecule has 0 aromatic heterocycles. The SMILES string of the molecule is CC(C)N(CCCN)Cc1ccc2c(c1)CCC2. The molecule has 0 saturated heterocycles. The average Bonchev–Trinajstić information content (AvgIpc) is 2.81. The summed E-state index contributed by atoms with van der Waals surface area (Å²) in [5, 5.41) is 0. The molecular weight excluding hydrogens is 220 g/mol. The van der Waals surface area contributed by atoms with Crippen LogP contribution in [0, 0.1) is 0 Å². The lowest BCUT2D eigenvalue weighted by Crippen LogP contribution is -2.32. The van der Waals surface area contributed by atoms with Gasteiger partial charge in [0, 0.05) is 12.6 Å². The third-order valence-electron chi connectivity index (χ3n) is 3.93. The molecule has 2 N–H and O–H groups in total. The molecule has 18 heavy (non-hydrogen) atoms. The molecule has 0 fully saturated rings. The van der Waals surface area contributed by atoms with Crippen molar-refractivity contribution in [1.82, 2.24) is 4.90 Å². The minimum absolute atomic E-state index is 0.588. The first kappa shape index (κ1) is 13.6. The molecule has 0 unspecified atom stereocenters. The van der Waals surface area contributed by atoms with Crippen LogP contribution in [0.4, 0.5) is 0 Å². The second-order valence-electron chi connectivity index (χ2n) is 5.66. The number of benzene rings is 1. The first-order chi connectivity index (χ1) is 8.70. The lowest BCUT2D eigenvalue weighted by atomic mass is 10.1. The van der Waals surface area contributed by atoms with E-state index in [1.807, 2.05) is 0 Å². The Labute approximate surface area is 111 Å². The van der Waals surface area contributed by atoms with E-state index >= 15 is 0 Å². The van der Waals surface area contributed by atoms with Gasteiger partial charge in [-0.05, 0) is 69.3 Å². The van der Waals surface area contributed by atoms with E-state index < -0.39 is 0 Å². The standard InChI is InChI=1S/C16H26N2/c1-13(2)18(10-4-9-17)12-14-7-8-15-5-3-6-16(15)11-14/h7-8,11,13H,3-6,9-10,12,17H2,1-2H3. The van der Waals surface area contributed by atoms with E-state index in [1.165, 1.54) is 24.8 Å². The number of fused-ring (bicyclic) bond motifs is 1. The van der Waals surface area contributed by atoms with Crippen molar-refractivity contribution in [1.29, 1.82) is 0 Å². The summed E-state index contributed by atoms with van der Waals surface area (Å²) >= 11 is 0. The summed E-state index contributed by atoms with van der Waals surface area (Å²) in [6.45, 7) is 7.48. The zero-order chi connectivity index (χ0) is 13.0. The molecule has 2 nitrogen and oxygen atoms in total. The van der Waals surface area contributed by atoms with E-state index in [0.717, 1.165) is 26.1 Å². The first-order valence-electron chi connectivity index (χ1n) is 7.25. The number of nitrogens with zero attached hydrogens (tertiary/aromatic N) is 1. The Hall–Kier alpha value is -0.860. The van der Waals surface area contributed by atoms with Crippen LogP contribution in [0.25, 0.3) is 0 Å². The van der Waals surface area contributed by atoms with Gasteiger partial charge in [-0.3, -0.25) is 4.90 Å². The van der Waals surface area contributed by atoms with Gasteiger partial charge in [-0.25, -0.2) is 0 Å². The van der Waals surface area contributed by atoms with Gasteiger partial charge < -0.3 is 5.73 Å². The van der Waals surface area contributed by atoms with Gasteiger partial charge in [-0.2, -0.15) is 0 Å². The van der Waals surface area contributed by atoms with E-state index in [-0.39, 0.29) is 0 Å². The molecule has 100 valence electrons. The maximum absolute atomic E-state index is 5.62. The zero-order valence-corrected chi connectivity index (χ0v) is 11.8. The topological polar surface area (TPSA) is 29.3 Å². The summed E-state index contributed by atoms with van der Waals surface area (Å²) in [6, 6.07) is 7.64. The van der Waals surface area contributed by atoms with Gasteiger partial charge in [0.05, 0.1) is 0 Å². The van der Waals surface area contributed by atoms with Crippen LogP contribution in [0.2, 0.25) is 0 Å². The molecule has 0 saturated carbocycles. The third kappa shape index (κ3) is 3.33. The first-order valence-corrected chi connectivity index (χ1v) is 7.25. The minimum Gasteiger partial charge on any atom is -0.330 e. The van der Waals surface area contributed by atoms with Crippen molar-refractivity contribution in [2.24, 2.45) is 5.73 Å². The summed E-state index contributed by atoms with van der Waals surface area (Å²) in [4.78, 5) is 2.52. The number of hydrogen-bond donors (Lipinski definition) is 1. The molecule has 0 spiro atoms. The van der Waals surface area contributed by atoms with Crippen LogP contribution < -0.4 is 5.73 Å². The van der Waals surface area contributed by atoms with Gasteiger partial charge in [0.2, 0.25) is 0 Å². The number of nitrogens with two attached hydrogens (primary N) is 1. The maximum Gasteiger partial charge on any atom is 0.0236 e.